The molecule has 3 aliphatic rings. The monoisotopic (exact) mass is 436 g/mol. The maximum absolute atomic E-state index is 13.1. The molecule has 0 spiro atoms. The van der Waals surface area contributed by atoms with Crippen LogP contribution in [0.3, 0.4) is 0 Å². The van der Waals surface area contributed by atoms with Crippen LogP contribution in [-0.2, 0) is 4.79 Å². The fourth-order valence-electron chi connectivity index (χ4n) is 4.41. The molecule has 0 aromatic heterocycles. The number of halogens is 1. The summed E-state index contributed by atoms with van der Waals surface area (Å²) in [6, 6.07) is 11.8. The van der Waals surface area contributed by atoms with Gasteiger partial charge in [0.2, 0.25) is 5.91 Å². The molecule has 3 amide bonds. The molecule has 2 saturated heterocycles. The molecule has 32 heavy (non-hydrogen) atoms. The lowest BCUT2D eigenvalue weighted by Crippen LogP contribution is -2.54. The van der Waals surface area contributed by atoms with Crippen molar-refractivity contribution in [1.29, 1.82) is 0 Å². The highest BCUT2D eigenvalue weighted by Gasteiger charge is 2.48. The van der Waals surface area contributed by atoms with Crippen LogP contribution >= 0.6 is 0 Å². The Morgan fingerprint density at radius 2 is 1.88 bits per heavy atom. The van der Waals surface area contributed by atoms with E-state index in [1.54, 1.807) is 11.1 Å². The van der Waals surface area contributed by atoms with Crippen molar-refractivity contribution in [3.63, 3.8) is 0 Å². The van der Waals surface area contributed by atoms with Gasteiger partial charge in [0.25, 0.3) is 0 Å². The first-order chi connectivity index (χ1) is 15.4. The summed E-state index contributed by atoms with van der Waals surface area (Å²) in [5.41, 5.74) is 10.9. The van der Waals surface area contributed by atoms with Gasteiger partial charge in [-0.1, -0.05) is 18.2 Å². The van der Waals surface area contributed by atoms with E-state index in [0.717, 1.165) is 6.42 Å². The van der Waals surface area contributed by atoms with Crippen LogP contribution in [0.25, 0.3) is 0 Å². The number of hydrogen-bond acceptors (Lipinski definition) is 5. The fraction of sp³-hybridized carbons (Fsp3) is 0.304. The van der Waals surface area contributed by atoms with Gasteiger partial charge in [-0.15, -0.1) is 0 Å². The molecule has 2 fully saturated rings. The van der Waals surface area contributed by atoms with Gasteiger partial charge >= 0.3 is 6.03 Å². The van der Waals surface area contributed by atoms with Crippen LogP contribution in [0.1, 0.15) is 29.2 Å². The number of nitrogens with one attached hydrogen (secondary N) is 3. The van der Waals surface area contributed by atoms with Crippen molar-refractivity contribution in [2.24, 2.45) is 0 Å². The normalized spacial score (nSPS) is 24.0. The summed E-state index contributed by atoms with van der Waals surface area (Å²) in [4.78, 5) is 26.9. The number of rotatable bonds is 4. The SMILES string of the molecule is Cc1ccc(C2CC3C4NN(CC(=O)Nc5ccc(F)cc5)C(=O)N4C=CN3N2)cc1C. The van der Waals surface area contributed by atoms with Crippen LogP contribution in [0.5, 0.6) is 0 Å². The summed E-state index contributed by atoms with van der Waals surface area (Å²) in [5.74, 6) is -0.743. The van der Waals surface area contributed by atoms with E-state index in [4.69, 9.17) is 0 Å². The Bertz CT molecular complexity index is 1090. The van der Waals surface area contributed by atoms with E-state index in [-0.39, 0.29) is 42.5 Å². The standard InChI is InChI=1S/C23H25FN6O2/c1-14-3-4-16(11-15(14)2)19-12-20-22-27-30(23(32)28(22)9-10-29(20)26-19)13-21(31)25-18-7-5-17(24)6-8-18/h3-11,19-20,22,26-27H,12-13H2,1-2H3,(H,25,31). The molecule has 3 aliphatic heterocycles. The van der Waals surface area contributed by atoms with Crippen molar-refractivity contribution in [3.05, 3.63) is 77.4 Å². The first kappa shape index (κ1) is 20.5. The minimum atomic E-state index is -0.378. The quantitative estimate of drug-likeness (QED) is 0.687. The molecular weight excluding hydrogens is 411 g/mol. The molecule has 3 atom stereocenters. The lowest BCUT2D eigenvalue weighted by molar-refractivity contribution is -0.117. The number of benzene rings is 2. The largest absolute Gasteiger partial charge is 0.340 e. The number of carbonyl (C=O) groups excluding carboxylic acids is 2. The van der Waals surface area contributed by atoms with Gasteiger partial charge in [-0.2, -0.15) is 0 Å². The molecule has 0 aliphatic carbocycles. The van der Waals surface area contributed by atoms with E-state index in [1.807, 2.05) is 11.2 Å². The first-order valence-corrected chi connectivity index (χ1v) is 10.6. The zero-order valence-corrected chi connectivity index (χ0v) is 17.9. The second-order valence-electron chi connectivity index (χ2n) is 8.44. The Labute approximate surface area is 185 Å². The Kier molecular flexibility index (Phi) is 5.07. The highest BCUT2D eigenvalue weighted by atomic mass is 19.1. The van der Waals surface area contributed by atoms with Gasteiger partial charge < -0.3 is 10.3 Å². The highest BCUT2D eigenvalue weighted by Crippen LogP contribution is 2.35. The summed E-state index contributed by atoms with van der Waals surface area (Å²) in [5, 5.41) is 6.04. The average Bonchev–Trinajstić information content (AvgIpc) is 3.33. The number of amides is 3. The lowest BCUT2D eigenvalue weighted by Gasteiger charge is -2.34. The number of anilines is 1. The zero-order chi connectivity index (χ0) is 22.4. The second kappa shape index (κ2) is 7.92. The molecule has 2 aromatic rings. The van der Waals surface area contributed by atoms with E-state index in [2.05, 4.69) is 48.2 Å². The summed E-state index contributed by atoms with van der Waals surface area (Å²) in [6.07, 6.45) is 4.12. The average molecular weight is 436 g/mol. The van der Waals surface area contributed by atoms with E-state index in [1.165, 1.54) is 46.0 Å². The minimum absolute atomic E-state index is 0.0146. The molecule has 166 valence electrons. The molecule has 3 heterocycles. The fourth-order valence-corrected chi connectivity index (χ4v) is 4.41. The molecule has 5 rings (SSSR count). The van der Waals surface area contributed by atoms with Crippen LogP contribution in [0.4, 0.5) is 14.9 Å². The van der Waals surface area contributed by atoms with Gasteiger partial charge in [-0.25, -0.2) is 25.0 Å². The predicted octanol–water partition coefficient (Wildman–Crippen LogP) is 2.75. The third-order valence-electron chi connectivity index (χ3n) is 6.29. The molecule has 0 bridgehead atoms. The summed E-state index contributed by atoms with van der Waals surface area (Å²) >= 11 is 0. The summed E-state index contributed by atoms with van der Waals surface area (Å²) < 4.78 is 13.1. The van der Waals surface area contributed by atoms with Crippen LogP contribution in [0.2, 0.25) is 0 Å². The molecule has 3 unspecified atom stereocenters. The van der Waals surface area contributed by atoms with Crippen molar-refractivity contribution in [1.82, 2.24) is 25.8 Å². The number of aryl methyl sites for hydroxylation is 2. The molecule has 0 saturated carbocycles. The van der Waals surface area contributed by atoms with Gasteiger partial charge in [-0.05, 0) is 61.2 Å². The Hall–Kier alpha value is -3.43. The van der Waals surface area contributed by atoms with Crippen molar-refractivity contribution in [3.8, 4) is 0 Å². The van der Waals surface area contributed by atoms with E-state index in [9.17, 15) is 14.0 Å². The van der Waals surface area contributed by atoms with Gasteiger partial charge in [-0.3, -0.25) is 9.69 Å². The number of hydrazine groups is 2. The van der Waals surface area contributed by atoms with Crippen molar-refractivity contribution >= 4 is 17.6 Å². The highest BCUT2D eigenvalue weighted by molar-refractivity contribution is 5.94. The Balaban J connectivity index is 1.25. The zero-order valence-electron chi connectivity index (χ0n) is 17.9. The van der Waals surface area contributed by atoms with E-state index >= 15 is 0 Å². The van der Waals surface area contributed by atoms with Gasteiger partial charge in [0, 0.05) is 18.1 Å². The molecule has 3 N–H and O–H groups in total. The molecule has 2 aromatic carbocycles. The topological polar surface area (TPSA) is 80.0 Å². The number of nitrogens with zero attached hydrogens (tertiary/aromatic N) is 3. The van der Waals surface area contributed by atoms with E-state index in [0.29, 0.717) is 5.69 Å². The number of carbonyl (C=O) groups is 2. The maximum Gasteiger partial charge on any atom is 0.340 e. The summed E-state index contributed by atoms with van der Waals surface area (Å²) in [7, 11) is 0. The summed E-state index contributed by atoms with van der Waals surface area (Å²) in [6.45, 7) is 4.05. The Morgan fingerprint density at radius 1 is 1.09 bits per heavy atom. The number of urea groups is 1. The molecule has 8 nitrogen and oxygen atoms in total. The smallest absolute Gasteiger partial charge is 0.324 e. The van der Waals surface area contributed by atoms with Crippen LogP contribution < -0.4 is 16.2 Å². The number of fused-ring (bicyclic) bond motifs is 3. The molecular formula is C23H25FN6O2. The Morgan fingerprint density at radius 3 is 2.62 bits per heavy atom. The molecule has 0 radical (unpaired) electrons. The van der Waals surface area contributed by atoms with Crippen LogP contribution in [0, 0.1) is 19.7 Å². The minimum Gasteiger partial charge on any atom is -0.324 e. The third-order valence-corrected chi connectivity index (χ3v) is 6.29. The molecule has 9 heteroatoms. The second-order valence-corrected chi connectivity index (χ2v) is 8.44. The van der Waals surface area contributed by atoms with Crippen molar-refractivity contribution in [2.45, 2.75) is 38.5 Å². The lowest BCUT2D eigenvalue weighted by atomic mass is 9.97. The van der Waals surface area contributed by atoms with Gasteiger partial charge in [0.1, 0.15) is 18.5 Å². The van der Waals surface area contributed by atoms with Gasteiger partial charge in [0.15, 0.2) is 0 Å². The predicted molar refractivity (Wildman–Crippen MR) is 117 cm³/mol. The van der Waals surface area contributed by atoms with Crippen molar-refractivity contribution in [2.75, 3.05) is 11.9 Å². The maximum atomic E-state index is 13.1. The van der Waals surface area contributed by atoms with Crippen LogP contribution in [0.15, 0.2) is 54.9 Å². The first-order valence-electron chi connectivity index (χ1n) is 10.6. The van der Waals surface area contributed by atoms with Crippen LogP contribution in [-0.4, -0.2) is 45.6 Å². The third kappa shape index (κ3) is 3.69. The van der Waals surface area contributed by atoms with Crippen molar-refractivity contribution < 1.29 is 14.0 Å². The van der Waals surface area contributed by atoms with E-state index < -0.39 is 0 Å². The number of hydrogen-bond donors (Lipinski definition) is 3. The van der Waals surface area contributed by atoms with Gasteiger partial charge in [0.05, 0.1) is 12.1 Å².